The van der Waals surface area contributed by atoms with E-state index in [2.05, 4.69) is 50.2 Å². The van der Waals surface area contributed by atoms with Gasteiger partial charge >= 0.3 is 0 Å². The predicted molar refractivity (Wildman–Crippen MR) is 132 cm³/mol. The quantitative estimate of drug-likeness (QED) is 0.472. The van der Waals surface area contributed by atoms with E-state index in [9.17, 15) is 10.2 Å². The predicted octanol–water partition coefficient (Wildman–Crippen LogP) is 5.25. The summed E-state index contributed by atoms with van der Waals surface area (Å²) >= 11 is 0. The van der Waals surface area contributed by atoms with E-state index in [1.54, 1.807) is 0 Å². The number of aliphatic hydroxyl groups is 3. The molecular formula is C28H40O4. The molecule has 0 bridgehead atoms. The van der Waals surface area contributed by atoms with E-state index in [-0.39, 0.29) is 24.0 Å². The second-order valence-corrected chi connectivity index (χ2v) is 9.71. The molecule has 0 radical (unpaired) electrons. The molecule has 2 aromatic rings. The van der Waals surface area contributed by atoms with Crippen molar-refractivity contribution < 1.29 is 20.1 Å². The highest BCUT2D eigenvalue weighted by Crippen LogP contribution is 2.40. The van der Waals surface area contributed by atoms with Crippen molar-refractivity contribution in [1.82, 2.24) is 0 Å². The molecule has 0 aliphatic heterocycles. The molecule has 2 aromatic carbocycles. The Morgan fingerprint density at radius 2 is 1.53 bits per heavy atom. The van der Waals surface area contributed by atoms with Crippen LogP contribution in [-0.4, -0.2) is 40.7 Å². The summed E-state index contributed by atoms with van der Waals surface area (Å²) in [5.41, 5.74) is 4.29. The average molecular weight is 441 g/mol. The highest BCUT2D eigenvalue weighted by molar-refractivity contribution is 5.53. The maximum Gasteiger partial charge on any atom is 0.122 e. The molecule has 4 heteroatoms. The number of rotatable bonds is 10. The number of aliphatic hydroxyl groups excluding tert-OH is 3. The van der Waals surface area contributed by atoms with E-state index < -0.39 is 12.2 Å². The van der Waals surface area contributed by atoms with Crippen molar-refractivity contribution in [2.75, 3.05) is 13.2 Å². The topological polar surface area (TPSA) is 69.9 Å². The monoisotopic (exact) mass is 440 g/mol. The number of ether oxygens (including phenoxy) is 1. The summed E-state index contributed by atoms with van der Waals surface area (Å²) in [5.74, 6) is 0.722. The third-order valence-electron chi connectivity index (χ3n) is 6.40. The lowest BCUT2D eigenvalue weighted by atomic mass is 9.70. The molecule has 0 heterocycles. The van der Waals surface area contributed by atoms with Crippen LogP contribution in [0.25, 0.3) is 6.08 Å². The Balaban J connectivity index is 2.30. The summed E-state index contributed by atoms with van der Waals surface area (Å²) in [6.07, 6.45) is 4.40. The molecule has 0 saturated carbocycles. The fourth-order valence-electron chi connectivity index (χ4n) is 3.99. The van der Waals surface area contributed by atoms with Crippen molar-refractivity contribution in [2.24, 2.45) is 5.41 Å². The summed E-state index contributed by atoms with van der Waals surface area (Å²) in [7, 11) is 0. The van der Waals surface area contributed by atoms with Crippen LogP contribution in [0.1, 0.15) is 69.7 Å². The molecule has 0 amide bonds. The summed E-state index contributed by atoms with van der Waals surface area (Å²) in [6, 6.07) is 14.8. The molecule has 32 heavy (non-hydrogen) atoms. The molecule has 0 aromatic heterocycles. The van der Waals surface area contributed by atoms with Gasteiger partial charge < -0.3 is 20.1 Å². The molecule has 176 valence electrons. The van der Waals surface area contributed by atoms with Crippen LogP contribution in [-0.2, 0) is 5.41 Å². The Morgan fingerprint density at radius 1 is 0.938 bits per heavy atom. The summed E-state index contributed by atoms with van der Waals surface area (Å²) < 4.78 is 5.68. The van der Waals surface area contributed by atoms with Crippen LogP contribution < -0.4 is 4.74 Å². The van der Waals surface area contributed by atoms with Gasteiger partial charge in [0.2, 0.25) is 0 Å². The van der Waals surface area contributed by atoms with Gasteiger partial charge in [-0.1, -0.05) is 83.2 Å². The molecule has 1 unspecified atom stereocenters. The largest absolute Gasteiger partial charge is 0.491 e. The number of benzene rings is 2. The lowest BCUT2D eigenvalue weighted by Crippen LogP contribution is -2.26. The van der Waals surface area contributed by atoms with Gasteiger partial charge in [0.05, 0.1) is 12.7 Å². The Hall–Kier alpha value is -2.14. The van der Waals surface area contributed by atoms with Gasteiger partial charge in [0.25, 0.3) is 0 Å². The zero-order valence-electron chi connectivity index (χ0n) is 20.4. The zero-order chi connectivity index (χ0) is 23.9. The first-order valence-electron chi connectivity index (χ1n) is 11.6. The number of hydrogen-bond acceptors (Lipinski definition) is 4. The minimum absolute atomic E-state index is 0.0717. The second-order valence-electron chi connectivity index (χ2n) is 9.71. The maximum absolute atomic E-state index is 10.3. The third-order valence-corrected chi connectivity index (χ3v) is 6.40. The standard InChI is InChI=1S/C28H40O4/c1-7-28(8-2,23-14-15-25(20(3)17-23)32-19-24(30)18-29)22-12-9-21(10-13-22)11-16-26(31)27(4,5)6/h9-17,24,26,29-31H,7-8,18-19H2,1-6H3/b16-11+/t24-,26?/m1/s1. The van der Waals surface area contributed by atoms with E-state index in [0.29, 0.717) is 0 Å². The highest BCUT2D eigenvalue weighted by atomic mass is 16.5. The average Bonchev–Trinajstić information content (AvgIpc) is 2.77. The van der Waals surface area contributed by atoms with Crippen LogP contribution in [0.3, 0.4) is 0 Å². The van der Waals surface area contributed by atoms with Crippen LogP contribution in [0.4, 0.5) is 0 Å². The Bertz CT molecular complexity index is 873. The second kappa shape index (κ2) is 11.1. The first-order chi connectivity index (χ1) is 15.1. The third kappa shape index (κ3) is 6.22. The summed E-state index contributed by atoms with van der Waals surface area (Å²) in [5, 5.41) is 28.8. The molecule has 2 atom stereocenters. The van der Waals surface area contributed by atoms with Crippen molar-refractivity contribution in [3.63, 3.8) is 0 Å². The van der Waals surface area contributed by atoms with Crippen LogP contribution in [0, 0.1) is 12.3 Å². The first kappa shape index (κ1) is 26.1. The van der Waals surface area contributed by atoms with Gasteiger partial charge in [-0.15, -0.1) is 0 Å². The molecule has 2 rings (SSSR count). The van der Waals surface area contributed by atoms with Crippen molar-refractivity contribution in [2.45, 2.75) is 72.0 Å². The van der Waals surface area contributed by atoms with Gasteiger partial charge in [0.1, 0.15) is 18.5 Å². The molecule has 0 aliphatic carbocycles. The summed E-state index contributed by atoms with van der Waals surface area (Å²) in [6.45, 7) is 12.3. The van der Waals surface area contributed by atoms with Gasteiger partial charge in [-0.2, -0.15) is 0 Å². The van der Waals surface area contributed by atoms with Crippen LogP contribution >= 0.6 is 0 Å². The van der Waals surface area contributed by atoms with Gasteiger partial charge in [-0.25, -0.2) is 0 Å². The van der Waals surface area contributed by atoms with Crippen molar-refractivity contribution in [3.8, 4) is 5.75 Å². The van der Waals surface area contributed by atoms with Gasteiger partial charge in [0, 0.05) is 5.41 Å². The first-order valence-corrected chi connectivity index (χ1v) is 11.6. The normalized spacial score (nSPS) is 14.5. The minimum atomic E-state index is -0.878. The SMILES string of the molecule is CCC(CC)(c1ccc(/C=C/C(O)C(C)(C)C)cc1)c1ccc(OC[C@H](O)CO)c(C)c1. The van der Waals surface area contributed by atoms with E-state index in [0.717, 1.165) is 29.7 Å². The molecule has 0 aliphatic rings. The fourth-order valence-corrected chi connectivity index (χ4v) is 3.99. The lowest BCUT2D eigenvalue weighted by Gasteiger charge is -2.34. The molecule has 4 nitrogen and oxygen atoms in total. The van der Waals surface area contributed by atoms with Crippen LogP contribution in [0.2, 0.25) is 0 Å². The molecule has 0 saturated heterocycles. The van der Waals surface area contributed by atoms with Crippen LogP contribution in [0.5, 0.6) is 5.75 Å². The summed E-state index contributed by atoms with van der Waals surface area (Å²) in [4.78, 5) is 0. The zero-order valence-corrected chi connectivity index (χ0v) is 20.4. The smallest absolute Gasteiger partial charge is 0.122 e. The van der Waals surface area contributed by atoms with E-state index in [1.807, 2.05) is 45.9 Å². The van der Waals surface area contributed by atoms with E-state index in [1.165, 1.54) is 11.1 Å². The molecular weight excluding hydrogens is 400 g/mol. The van der Waals surface area contributed by atoms with Crippen molar-refractivity contribution >= 4 is 6.08 Å². The van der Waals surface area contributed by atoms with Gasteiger partial charge in [-0.05, 0) is 53.5 Å². The molecule has 0 fully saturated rings. The van der Waals surface area contributed by atoms with Crippen molar-refractivity contribution in [1.29, 1.82) is 0 Å². The number of aryl methyl sites for hydroxylation is 1. The minimum Gasteiger partial charge on any atom is -0.491 e. The Labute approximate surface area is 193 Å². The molecule has 3 N–H and O–H groups in total. The Morgan fingerprint density at radius 3 is 2.03 bits per heavy atom. The van der Waals surface area contributed by atoms with Gasteiger partial charge in [-0.3, -0.25) is 0 Å². The maximum atomic E-state index is 10.3. The fraction of sp³-hybridized carbons (Fsp3) is 0.500. The number of hydrogen-bond donors (Lipinski definition) is 3. The Kier molecular flexibility index (Phi) is 9.08. The van der Waals surface area contributed by atoms with Crippen LogP contribution in [0.15, 0.2) is 48.5 Å². The van der Waals surface area contributed by atoms with E-state index >= 15 is 0 Å². The highest BCUT2D eigenvalue weighted by Gasteiger charge is 2.31. The van der Waals surface area contributed by atoms with Gasteiger partial charge in [0.15, 0.2) is 0 Å². The lowest BCUT2D eigenvalue weighted by molar-refractivity contribution is 0.0534. The molecule has 0 spiro atoms. The van der Waals surface area contributed by atoms with E-state index in [4.69, 9.17) is 9.84 Å². The van der Waals surface area contributed by atoms with Crippen molar-refractivity contribution in [3.05, 3.63) is 70.8 Å².